The zero-order valence-corrected chi connectivity index (χ0v) is 31.5. The van der Waals surface area contributed by atoms with Gasteiger partial charge in [-0.25, -0.2) is 0 Å². The molecule has 2 aliphatic rings. The van der Waals surface area contributed by atoms with Gasteiger partial charge in [-0.15, -0.1) is 11.6 Å². The summed E-state index contributed by atoms with van der Waals surface area (Å²) in [5.74, 6) is -0.0883. The molecular formula is C46H38Cl2P2. The van der Waals surface area contributed by atoms with Crippen molar-refractivity contribution in [1.82, 2.24) is 0 Å². The fourth-order valence-corrected chi connectivity index (χ4v) is 15.0. The maximum absolute atomic E-state index is 8.06. The van der Waals surface area contributed by atoms with Crippen molar-refractivity contribution in [2.45, 2.75) is 36.2 Å². The van der Waals surface area contributed by atoms with Gasteiger partial charge in [0.15, 0.2) is 0 Å². The van der Waals surface area contributed by atoms with Gasteiger partial charge >= 0.3 is 0 Å². The zero-order chi connectivity index (χ0) is 34.3. The highest BCUT2D eigenvalue weighted by Gasteiger charge is 2.53. The van der Waals surface area contributed by atoms with E-state index >= 15 is 0 Å². The molecule has 6 aromatic rings. The van der Waals surface area contributed by atoms with Gasteiger partial charge < -0.3 is 0 Å². The maximum atomic E-state index is 8.06. The first-order chi connectivity index (χ1) is 24.4. The normalized spacial score (nSPS) is 21.5. The number of hydrogen-bond acceptors (Lipinski definition) is 0. The Morgan fingerprint density at radius 3 is 1.58 bits per heavy atom. The molecule has 0 spiro atoms. The van der Waals surface area contributed by atoms with Gasteiger partial charge in [0.05, 0.1) is 4.87 Å². The van der Waals surface area contributed by atoms with Crippen molar-refractivity contribution < 1.29 is 0 Å². The standard InChI is InChI=1S/C46H38Cl2P2/c1-45(48)32-34-20-16-17-29-39(34)42(44(45)49(35-21-7-3-8-22-35)36-23-9-4-10-24-36)43-40-30-18-15-19-33(40)31-41(47)46(43,2)50(37-25-11-5-12-26-37)38-27-13-6-14-28-38/h3-31,43H,32H2,1-2H3/t43?,45?,46-/m0/s1. The van der Waals surface area contributed by atoms with Crippen LogP contribution in [0.1, 0.15) is 42.0 Å². The lowest BCUT2D eigenvalue weighted by atomic mass is 9.69. The smallest absolute Gasteiger partial charge is 0.0720 e. The molecule has 0 N–H and O–H groups in total. The Balaban J connectivity index is 1.54. The van der Waals surface area contributed by atoms with Gasteiger partial charge in [0, 0.05) is 16.1 Å². The number of benzene rings is 6. The predicted octanol–water partition coefficient (Wildman–Crippen LogP) is 11.4. The van der Waals surface area contributed by atoms with E-state index in [-0.39, 0.29) is 5.92 Å². The third-order valence-corrected chi connectivity index (χ3v) is 17.2. The summed E-state index contributed by atoms with van der Waals surface area (Å²) in [6.45, 7) is 4.68. The van der Waals surface area contributed by atoms with Crippen LogP contribution in [0, 0.1) is 0 Å². The summed E-state index contributed by atoms with van der Waals surface area (Å²) < 4.78 is 0. The molecular weight excluding hydrogens is 685 g/mol. The number of halogens is 2. The van der Waals surface area contributed by atoms with E-state index in [2.05, 4.69) is 190 Å². The molecule has 0 saturated carbocycles. The van der Waals surface area contributed by atoms with Crippen LogP contribution in [0.3, 0.4) is 0 Å². The highest BCUT2D eigenvalue weighted by atomic mass is 35.5. The van der Waals surface area contributed by atoms with Crippen molar-refractivity contribution in [2.75, 3.05) is 0 Å². The molecule has 0 aliphatic heterocycles. The Bertz CT molecular complexity index is 2110. The van der Waals surface area contributed by atoms with Crippen molar-refractivity contribution in [1.29, 1.82) is 0 Å². The molecule has 6 aromatic carbocycles. The average Bonchev–Trinajstić information content (AvgIpc) is 3.14. The first-order valence-corrected chi connectivity index (χ1v) is 20.6. The molecule has 0 saturated heterocycles. The largest absolute Gasteiger partial charge is 0.114 e. The average molecular weight is 724 g/mol. The Morgan fingerprint density at radius 1 is 0.560 bits per heavy atom. The zero-order valence-electron chi connectivity index (χ0n) is 28.2. The molecule has 0 fully saturated rings. The molecule has 50 heavy (non-hydrogen) atoms. The van der Waals surface area contributed by atoms with E-state index in [1.54, 1.807) is 0 Å². The number of allylic oxidation sites excluding steroid dienone is 3. The predicted molar refractivity (Wildman–Crippen MR) is 221 cm³/mol. The second kappa shape index (κ2) is 13.8. The van der Waals surface area contributed by atoms with Gasteiger partial charge in [0.25, 0.3) is 0 Å². The van der Waals surface area contributed by atoms with Crippen LogP contribution in [-0.2, 0) is 6.42 Å². The van der Waals surface area contributed by atoms with Crippen LogP contribution in [-0.4, -0.2) is 10.0 Å². The van der Waals surface area contributed by atoms with Gasteiger partial charge in [-0.3, -0.25) is 0 Å². The van der Waals surface area contributed by atoms with Crippen LogP contribution in [0.25, 0.3) is 11.6 Å². The minimum absolute atomic E-state index is 0.0883. The first-order valence-electron chi connectivity index (χ1n) is 17.2. The Hall–Kier alpha value is -3.76. The van der Waals surface area contributed by atoms with Crippen LogP contribution in [0.15, 0.2) is 180 Å². The van der Waals surface area contributed by atoms with E-state index < -0.39 is 25.9 Å². The van der Waals surface area contributed by atoms with E-state index in [9.17, 15) is 0 Å². The number of rotatable bonds is 7. The lowest BCUT2D eigenvalue weighted by molar-refractivity contribution is 0.661. The number of alkyl halides is 1. The summed E-state index contributed by atoms with van der Waals surface area (Å²) in [7, 11) is -2.04. The van der Waals surface area contributed by atoms with E-state index in [4.69, 9.17) is 23.2 Å². The summed E-state index contributed by atoms with van der Waals surface area (Å²) in [6.07, 6.45) is 2.99. The molecule has 8 rings (SSSR count). The molecule has 4 heteroatoms. The number of hydrogen-bond donors (Lipinski definition) is 0. The molecule has 246 valence electrons. The molecule has 3 atom stereocenters. The van der Waals surface area contributed by atoms with E-state index in [1.807, 2.05) is 0 Å². The highest BCUT2D eigenvalue weighted by Crippen LogP contribution is 2.69. The van der Waals surface area contributed by atoms with E-state index in [0.29, 0.717) is 0 Å². The lowest BCUT2D eigenvalue weighted by Crippen LogP contribution is -2.43. The van der Waals surface area contributed by atoms with Gasteiger partial charge in [-0.05, 0) is 96.5 Å². The van der Waals surface area contributed by atoms with Crippen LogP contribution >= 0.6 is 39.0 Å². The van der Waals surface area contributed by atoms with Gasteiger partial charge in [-0.2, -0.15) is 0 Å². The topological polar surface area (TPSA) is 0 Å². The van der Waals surface area contributed by atoms with Gasteiger partial charge in [0.1, 0.15) is 0 Å². The molecule has 2 aliphatic carbocycles. The Kier molecular flexibility index (Phi) is 9.18. The third-order valence-electron chi connectivity index (χ3n) is 10.2. The molecule has 0 heterocycles. The Morgan fingerprint density at radius 2 is 1.02 bits per heavy atom. The van der Waals surface area contributed by atoms with Crippen LogP contribution in [0.2, 0.25) is 0 Å². The molecule has 0 radical (unpaired) electrons. The molecule has 0 amide bonds. The summed E-state index contributed by atoms with van der Waals surface area (Å²) in [6, 6.07) is 62.0. The summed E-state index contributed by atoms with van der Waals surface area (Å²) >= 11 is 15.9. The SMILES string of the molecule is CC1(Cl)Cc2ccccc2C(C2c3ccccc3C=C(Cl)[C@]2(C)P(c2ccccc2)c2ccccc2)=C1P(c1ccccc1)c1ccccc1. The quantitative estimate of drug-likeness (QED) is 0.114. The van der Waals surface area contributed by atoms with Crippen molar-refractivity contribution >= 4 is 71.9 Å². The van der Waals surface area contributed by atoms with Gasteiger partial charge in [0.2, 0.25) is 0 Å². The molecule has 0 bridgehead atoms. The van der Waals surface area contributed by atoms with Crippen molar-refractivity contribution in [3.05, 3.63) is 202 Å². The summed E-state index contributed by atoms with van der Waals surface area (Å²) in [4.78, 5) is -0.646. The lowest BCUT2D eigenvalue weighted by Gasteiger charge is -2.51. The van der Waals surface area contributed by atoms with Crippen molar-refractivity contribution in [2.24, 2.45) is 0 Å². The summed E-state index contributed by atoms with van der Waals surface area (Å²) in [5, 5.41) is 6.90. The maximum Gasteiger partial charge on any atom is 0.0720 e. The van der Waals surface area contributed by atoms with Crippen LogP contribution in [0.5, 0.6) is 0 Å². The van der Waals surface area contributed by atoms with Crippen LogP contribution < -0.4 is 21.2 Å². The van der Waals surface area contributed by atoms with Gasteiger partial charge in [-0.1, -0.05) is 181 Å². The second-order valence-corrected chi connectivity index (χ2v) is 19.5. The highest BCUT2D eigenvalue weighted by molar-refractivity contribution is 7.77. The van der Waals surface area contributed by atoms with Crippen LogP contribution in [0.4, 0.5) is 0 Å². The van der Waals surface area contributed by atoms with Crippen molar-refractivity contribution in [3.63, 3.8) is 0 Å². The molecule has 0 nitrogen and oxygen atoms in total. The van der Waals surface area contributed by atoms with E-state index in [0.717, 1.165) is 11.5 Å². The summed E-state index contributed by atoms with van der Waals surface area (Å²) in [5.41, 5.74) is 6.36. The Labute approximate surface area is 309 Å². The monoisotopic (exact) mass is 722 g/mol. The first kappa shape index (κ1) is 33.4. The van der Waals surface area contributed by atoms with E-state index in [1.165, 1.54) is 54.4 Å². The minimum atomic E-state index is -1.03. The minimum Gasteiger partial charge on any atom is -0.114 e. The fourth-order valence-electron chi connectivity index (χ4n) is 8.13. The van der Waals surface area contributed by atoms with Crippen molar-refractivity contribution in [3.8, 4) is 0 Å². The molecule has 0 aromatic heterocycles. The third kappa shape index (κ3) is 5.82. The fraction of sp³-hybridized carbons (Fsp3) is 0.130. The number of fused-ring (bicyclic) bond motifs is 2. The second-order valence-electron chi connectivity index (χ2n) is 13.5. The molecule has 2 unspecified atom stereocenters.